The van der Waals surface area contributed by atoms with Crippen molar-refractivity contribution in [3.63, 3.8) is 0 Å². The van der Waals surface area contributed by atoms with Crippen molar-refractivity contribution in [1.29, 1.82) is 0 Å². The zero-order chi connectivity index (χ0) is 13.1. The average Bonchev–Trinajstić information content (AvgIpc) is 2.33. The lowest BCUT2D eigenvalue weighted by Crippen LogP contribution is -2.37. The van der Waals surface area contributed by atoms with Gasteiger partial charge in [0, 0.05) is 11.7 Å². The minimum absolute atomic E-state index is 0.338. The third-order valence-corrected chi connectivity index (χ3v) is 4.06. The van der Waals surface area contributed by atoms with Crippen LogP contribution in [0.1, 0.15) is 25.3 Å². The predicted molar refractivity (Wildman–Crippen MR) is 76.1 cm³/mol. The first kappa shape index (κ1) is 13.2. The second-order valence-corrected chi connectivity index (χ2v) is 5.57. The molecule has 3 heteroatoms. The normalized spacial score (nSPS) is 19.7. The zero-order valence-corrected chi connectivity index (χ0v) is 11.6. The Bertz CT molecular complexity index is 397. The van der Waals surface area contributed by atoms with Crippen molar-refractivity contribution >= 4 is 5.69 Å². The Morgan fingerprint density at radius 1 is 1.33 bits per heavy atom. The summed E-state index contributed by atoms with van der Waals surface area (Å²) in [5.41, 5.74) is 2.24. The summed E-state index contributed by atoms with van der Waals surface area (Å²) < 4.78 is 0. The number of aryl methyl sites for hydroxylation is 1. The largest absolute Gasteiger partial charge is 0.508 e. The van der Waals surface area contributed by atoms with Gasteiger partial charge in [0.15, 0.2) is 0 Å². The number of phenols is 1. The molecule has 1 atom stereocenters. The summed E-state index contributed by atoms with van der Waals surface area (Å²) in [5.74, 6) is 1.08. The quantitative estimate of drug-likeness (QED) is 0.807. The van der Waals surface area contributed by atoms with E-state index < -0.39 is 0 Å². The van der Waals surface area contributed by atoms with Crippen molar-refractivity contribution in [2.24, 2.45) is 5.92 Å². The third-order valence-electron chi connectivity index (χ3n) is 4.06. The van der Waals surface area contributed by atoms with E-state index in [9.17, 15) is 5.11 Å². The predicted octanol–water partition coefficient (Wildman–Crippen LogP) is 2.84. The highest BCUT2D eigenvalue weighted by molar-refractivity contribution is 5.53. The van der Waals surface area contributed by atoms with E-state index in [1.165, 1.54) is 25.9 Å². The SMILES string of the molecule is Cc1cc(O)ccc1NC(C)C1CCN(C)CC1. The number of likely N-dealkylation sites (tertiary alicyclic amines) is 1. The lowest BCUT2D eigenvalue weighted by molar-refractivity contribution is 0.208. The van der Waals surface area contributed by atoms with E-state index in [-0.39, 0.29) is 0 Å². The van der Waals surface area contributed by atoms with E-state index in [4.69, 9.17) is 0 Å². The Labute approximate surface area is 110 Å². The first-order chi connectivity index (χ1) is 8.56. The van der Waals surface area contributed by atoms with Crippen LogP contribution in [0.5, 0.6) is 5.75 Å². The molecule has 0 bridgehead atoms. The summed E-state index contributed by atoms with van der Waals surface area (Å²) in [4.78, 5) is 2.40. The van der Waals surface area contributed by atoms with Crippen LogP contribution in [0.15, 0.2) is 18.2 Å². The number of hydrogen-bond donors (Lipinski definition) is 2. The molecule has 1 aromatic rings. The van der Waals surface area contributed by atoms with Gasteiger partial charge < -0.3 is 15.3 Å². The van der Waals surface area contributed by atoms with Crippen molar-refractivity contribution in [2.75, 3.05) is 25.5 Å². The Balaban J connectivity index is 1.96. The van der Waals surface area contributed by atoms with Crippen LogP contribution >= 0.6 is 0 Å². The van der Waals surface area contributed by atoms with Gasteiger partial charge in [0.25, 0.3) is 0 Å². The number of nitrogens with one attached hydrogen (secondary N) is 1. The summed E-state index contributed by atoms with van der Waals surface area (Å²) in [7, 11) is 2.19. The topological polar surface area (TPSA) is 35.5 Å². The summed E-state index contributed by atoms with van der Waals surface area (Å²) in [6.07, 6.45) is 2.53. The van der Waals surface area contributed by atoms with E-state index in [2.05, 4.69) is 24.2 Å². The van der Waals surface area contributed by atoms with Gasteiger partial charge in [0.2, 0.25) is 0 Å². The molecular weight excluding hydrogens is 224 g/mol. The molecule has 1 aromatic carbocycles. The zero-order valence-electron chi connectivity index (χ0n) is 11.6. The minimum Gasteiger partial charge on any atom is -0.508 e. The molecule has 1 aliphatic rings. The number of anilines is 1. The molecule has 0 aliphatic carbocycles. The molecule has 1 heterocycles. The number of rotatable bonds is 3. The highest BCUT2D eigenvalue weighted by Gasteiger charge is 2.22. The first-order valence-corrected chi connectivity index (χ1v) is 6.81. The van der Waals surface area contributed by atoms with Gasteiger partial charge >= 0.3 is 0 Å². The molecule has 0 aromatic heterocycles. The number of phenolic OH excluding ortho intramolecular Hbond substituents is 1. The highest BCUT2D eigenvalue weighted by Crippen LogP contribution is 2.25. The van der Waals surface area contributed by atoms with Crippen LogP contribution in [0.3, 0.4) is 0 Å². The van der Waals surface area contributed by atoms with E-state index in [1.807, 2.05) is 19.1 Å². The van der Waals surface area contributed by atoms with Crippen molar-refractivity contribution in [3.8, 4) is 5.75 Å². The second-order valence-electron chi connectivity index (χ2n) is 5.57. The maximum Gasteiger partial charge on any atom is 0.115 e. The molecule has 1 fully saturated rings. The maximum atomic E-state index is 9.42. The number of aromatic hydroxyl groups is 1. The summed E-state index contributed by atoms with van der Waals surface area (Å²) in [6.45, 7) is 6.70. The third kappa shape index (κ3) is 3.16. The Hall–Kier alpha value is -1.22. The molecule has 2 rings (SSSR count). The molecule has 0 saturated carbocycles. The molecule has 18 heavy (non-hydrogen) atoms. The van der Waals surface area contributed by atoms with E-state index in [1.54, 1.807) is 6.07 Å². The standard InChI is InChI=1S/C15H24N2O/c1-11-10-14(18)4-5-15(11)16-12(2)13-6-8-17(3)9-7-13/h4-5,10,12-13,16,18H,6-9H2,1-3H3. The molecule has 2 N–H and O–H groups in total. The van der Waals surface area contributed by atoms with Crippen LogP contribution < -0.4 is 5.32 Å². The molecule has 1 unspecified atom stereocenters. The van der Waals surface area contributed by atoms with Gasteiger partial charge in [0.1, 0.15) is 5.75 Å². The molecule has 3 nitrogen and oxygen atoms in total. The van der Waals surface area contributed by atoms with Gasteiger partial charge in [-0.15, -0.1) is 0 Å². The molecule has 0 amide bonds. The fourth-order valence-electron chi connectivity index (χ4n) is 2.70. The fourth-order valence-corrected chi connectivity index (χ4v) is 2.70. The van der Waals surface area contributed by atoms with E-state index in [0.717, 1.165) is 17.2 Å². The Morgan fingerprint density at radius 2 is 2.00 bits per heavy atom. The molecular formula is C15H24N2O. The summed E-state index contributed by atoms with van der Waals surface area (Å²) in [6, 6.07) is 6.01. The smallest absolute Gasteiger partial charge is 0.115 e. The van der Waals surface area contributed by atoms with Crippen molar-refractivity contribution in [2.45, 2.75) is 32.7 Å². The second kappa shape index (κ2) is 5.61. The minimum atomic E-state index is 0.338. The van der Waals surface area contributed by atoms with Crippen molar-refractivity contribution < 1.29 is 5.11 Å². The number of nitrogens with zero attached hydrogens (tertiary/aromatic N) is 1. The number of benzene rings is 1. The van der Waals surface area contributed by atoms with E-state index >= 15 is 0 Å². The van der Waals surface area contributed by atoms with Crippen molar-refractivity contribution in [3.05, 3.63) is 23.8 Å². The Morgan fingerprint density at radius 3 is 2.61 bits per heavy atom. The van der Waals surface area contributed by atoms with Crippen LogP contribution in [-0.2, 0) is 0 Å². The summed E-state index contributed by atoms with van der Waals surface area (Å²) in [5, 5.41) is 13.0. The first-order valence-electron chi connectivity index (χ1n) is 6.81. The van der Waals surface area contributed by atoms with Gasteiger partial charge in [-0.2, -0.15) is 0 Å². The lowest BCUT2D eigenvalue weighted by Gasteiger charge is -2.33. The van der Waals surface area contributed by atoms with Crippen LogP contribution in [0.2, 0.25) is 0 Å². The molecule has 0 radical (unpaired) electrons. The van der Waals surface area contributed by atoms with Crippen LogP contribution in [0, 0.1) is 12.8 Å². The van der Waals surface area contributed by atoms with Crippen molar-refractivity contribution in [1.82, 2.24) is 4.90 Å². The lowest BCUT2D eigenvalue weighted by atomic mass is 9.90. The molecule has 0 spiro atoms. The van der Waals surface area contributed by atoms with Crippen LogP contribution in [0.25, 0.3) is 0 Å². The van der Waals surface area contributed by atoms with Crippen LogP contribution in [0.4, 0.5) is 5.69 Å². The van der Waals surface area contributed by atoms with Gasteiger partial charge in [0.05, 0.1) is 0 Å². The average molecular weight is 248 g/mol. The summed E-state index contributed by atoms with van der Waals surface area (Å²) >= 11 is 0. The molecule has 1 saturated heterocycles. The molecule has 1 aliphatic heterocycles. The van der Waals surface area contributed by atoms with Gasteiger partial charge in [-0.25, -0.2) is 0 Å². The van der Waals surface area contributed by atoms with Crippen LogP contribution in [-0.4, -0.2) is 36.2 Å². The van der Waals surface area contributed by atoms with Gasteiger partial charge in [-0.1, -0.05) is 0 Å². The van der Waals surface area contributed by atoms with E-state index in [0.29, 0.717) is 11.8 Å². The maximum absolute atomic E-state index is 9.42. The Kier molecular flexibility index (Phi) is 4.12. The van der Waals surface area contributed by atoms with Gasteiger partial charge in [-0.05, 0) is 76.5 Å². The number of hydrogen-bond acceptors (Lipinski definition) is 3. The number of piperidine rings is 1. The monoisotopic (exact) mass is 248 g/mol. The fraction of sp³-hybridized carbons (Fsp3) is 0.600. The molecule has 100 valence electrons. The highest BCUT2D eigenvalue weighted by atomic mass is 16.3. The van der Waals surface area contributed by atoms with Gasteiger partial charge in [-0.3, -0.25) is 0 Å².